The molecule has 0 aliphatic heterocycles. The van der Waals surface area contributed by atoms with Crippen molar-refractivity contribution < 1.29 is 24.2 Å². The van der Waals surface area contributed by atoms with Crippen LogP contribution in [-0.2, 0) is 19.1 Å². The number of aliphatic hydroxyl groups is 1. The zero-order valence-electron chi connectivity index (χ0n) is 21.2. The fourth-order valence-electron chi connectivity index (χ4n) is 4.49. The third-order valence-corrected chi connectivity index (χ3v) is 6.89. The van der Waals surface area contributed by atoms with Gasteiger partial charge in [0.1, 0.15) is 13.2 Å². The molecular weight excluding hydrogens is 428 g/mol. The highest BCUT2D eigenvalue weighted by Gasteiger charge is 2.23. The zero-order chi connectivity index (χ0) is 25.1. The van der Waals surface area contributed by atoms with E-state index in [9.17, 15) is 14.7 Å². The Morgan fingerprint density at radius 1 is 1.00 bits per heavy atom. The molecule has 2 unspecified atom stereocenters. The topological polar surface area (TPSA) is 72.8 Å². The summed E-state index contributed by atoms with van der Waals surface area (Å²) in [5, 5.41) is 9.56. The van der Waals surface area contributed by atoms with Crippen molar-refractivity contribution in [1.82, 2.24) is 0 Å². The summed E-state index contributed by atoms with van der Waals surface area (Å²) in [6.07, 6.45) is 9.43. The summed E-state index contributed by atoms with van der Waals surface area (Å²) in [6, 6.07) is 8.39. The summed E-state index contributed by atoms with van der Waals surface area (Å²) < 4.78 is 10.7. The molecule has 0 radical (unpaired) electrons. The van der Waals surface area contributed by atoms with E-state index in [1.807, 2.05) is 12.1 Å². The molecule has 34 heavy (non-hydrogen) atoms. The summed E-state index contributed by atoms with van der Waals surface area (Å²) in [4.78, 5) is 24.0. The number of hydrogen-bond donors (Lipinski definition) is 1. The van der Waals surface area contributed by atoms with E-state index in [0.717, 1.165) is 11.5 Å². The molecule has 5 nitrogen and oxygen atoms in total. The Bertz CT molecular complexity index is 815. The van der Waals surface area contributed by atoms with Gasteiger partial charge in [-0.2, -0.15) is 0 Å². The summed E-state index contributed by atoms with van der Waals surface area (Å²) in [7, 11) is 0. The maximum Gasteiger partial charge on any atom is 0.336 e. The summed E-state index contributed by atoms with van der Waals surface area (Å²) in [6.45, 7) is 12.6. The van der Waals surface area contributed by atoms with Crippen molar-refractivity contribution in [2.75, 3.05) is 13.2 Å². The lowest BCUT2D eigenvalue weighted by molar-refractivity contribution is -0.143. The first-order valence-electron chi connectivity index (χ1n) is 12.7. The number of carbonyl (C=O) groups is 2. The van der Waals surface area contributed by atoms with Gasteiger partial charge in [0.15, 0.2) is 0 Å². The Morgan fingerprint density at radius 3 is 2.12 bits per heavy atom. The molecule has 2 rings (SSSR count). The molecule has 0 aromatic heterocycles. The molecule has 5 heteroatoms. The van der Waals surface area contributed by atoms with Gasteiger partial charge in [-0.1, -0.05) is 70.0 Å². The second kappa shape index (κ2) is 14.1. The Hall–Kier alpha value is -2.40. The van der Waals surface area contributed by atoms with Crippen molar-refractivity contribution in [2.24, 2.45) is 5.92 Å². The average Bonchev–Trinajstić information content (AvgIpc) is 2.83. The normalized spacial score (nSPS) is 19.6. The molecule has 0 saturated heterocycles. The predicted molar refractivity (Wildman–Crippen MR) is 136 cm³/mol. The van der Waals surface area contributed by atoms with Crippen LogP contribution in [-0.4, -0.2) is 36.4 Å². The van der Waals surface area contributed by atoms with Gasteiger partial charge in [0.2, 0.25) is 0 Å². The van der Waals surface area contributed by atoms with Crippen LogP contribution in [0.15, 0.2) is 48.6 Å². The first-order chi connectivity index (χ1) is 16.2. The van der Waals surface area contributed by atoms with Crippen molar-refractivity contribution >= 4 is 11.9 Å². The van der Waals surface area contributed by atoms with Gasteiger partial charge in [0.25, 0.3) is 0 Å². The Balaban J connectivity index is 2.00. The number of aliphatic hydroxyl groups excluding tert-OH is 1. The number of benzene rings is 1. The average molecular weight is 471 g/mol. The van der Waals surface area contributed by atoms with E-state index in [2.05, 4.69) is 32.2 Å². The number of esters is 2. The van der Waals surface area contributed by atoms with Crippen LogP contribution in [0.4, 0.5) is 0 Å². The highest BCUT2D eigenvalue weighted by molar-refractivity contribution is 5.88. The summed E-state index contributed by atoms with van der Waals surface area (Å²) >= 11 is 0. The SMILES string of the molecule is C=C(C)C(=O)OCC(COC(=O)C(=C)C(C)O)c1ccc(C2CCC(CCCCC)CC2)cc1. The Morgan fingerprint density at radius 2 is 1.59 bits per heavy atom. The van der Waals surface area contributed by atoms with Gasteiger partial charge in [-0.3, -0.25) is 0 Å². The summed E-state index contributed by atoms with van der Waals surface area (Å²) in [5.41, 5.74) is 2.59. The highest BCUT2D eigenvalue weighted by atomic mass is 16.5. The van der Waals surface area contributed by atoms with Crippen LogP contribution in [0.25, 0.3) is 0 Å². The van der Waals surface area contributed by atoms with Gasteiger partial charge in [0.05, 0.1) is 17.6 Å². The van der Waals surface area contributed by atoms with Gasteiger partial charge in [-0.25, -0.2) is 9.59 Å². The van der Waals surface area contributed by atoms with E-state index in [1.54, 1.807) is 6.92 Å². The van der Waals surface area contributed by atoms with Crippen LogP contribution in [0, 0.1) is 5.92 Å². The fourth-order valence-corrected chi connectivity index (χ4v) is 4.49. The first kappa shape index (κ1) is 27.8. The molecule has 1 fully saturated rings. The molecule has 0 bridgehead atoms. The van der Waals surface area contributed by atoms with Crippen LogP contribution in [0.5, 0.6) is 0 Å². The highest BCUT2D eigenvalue weighted by Crippen LogP contribution is 2.38. The van der Waals surface area contributed by atoms with Gasteiger partial charge >= 0.3 is 11.9 Å². The monoisotopic (exact) mass is 470 g/mol. The maximum atomic E-state index is 12.1. The van der Waals surface area contributed by atoms with Crippen molar-refractivity contribution in [3.8, 4) is 0 Å². The molecular formula is C29H42O5. The molecule has 2 atom stereocenters. The van der Waals surface area contributed by atoms with Gasteiger partial charge in [0, 0.05) is 5.57 Å². The molecule has 1 aromatic rings. The number of carbonyl (C=O) groups excluding carboxylic acids is 2. The minimum Gasteiger partial charge on any atom is -0.462 e. The number of ether oxygens (including phenoxy) is 2. The Kier molecular flexibility index (Phi) is 11.5. The van der Waals surface area contributed by atoms with E-state index in [1.165, 1.54) is 63.9 Å². The largest absolute Gasteiger partial charge is 0.462 e. The van der Waals surface area contributed by atoms with Crippen LogP contribution >= 0.6 is 0 Å². The van der Waals surface area contributed by atoms with Crippen molar-refractivity contribution in [1.29, 1.82) is 0 Å². The van der Waals surface area contributed by atoms with Crippen molar-refractivity contribution in [2.45, 2.75) is 90.1 Å². The van der Waals surface area contributed by atoms with Crippen LogP contribution in [0.3, 0.4) is 0 Å². The van der Waals surface area contributed by atoms with E-state index < -0.39 is 18.0 Å². The van der Waals surface area contributed by atoms with Gasteiger partial charge in [-0.15, -0.1) is 0 Å². The van der Waals surface area contributed by atoms with Crippen molar-refractivity contribution in [3.05, 3.63) is 59.7 Å². The molecule has 1 N–H and O–H groups in total. The van der Waals surface area contributed by atoms with E-state index in [4.69, 9.17) is 9.47 Å². The van der Waals surface area contributed by atoms with Gasteiger partial charge < -0.3 is 14.6 Å². The Labute approximate surface area is 205 Å². The lowest BCUT2D eigenvalue weighted by Gasteiger charge is -2.29. The van der Waals surface area contributed by atoms with Crippen LogP contribution in [0.2, 0.25) is 0 Å². The molecule has 0 amide bonds. The maximum absolute atomic E-state index is 12.1. The molecule has 1 saturated carbocycles. The van der Waals surface area contributed by atoms with Crippen LogP contribution in [0.1, 0.15) is 95.1 Å². The molecule has 0 spiro atoms. The van der Waals surface area contributed by atoms with E-state index >= 15 is 0 Å². The minimum absolute atomic E-state index is 0.00155. The summed E-state index contributed by atoms with van der Waals surface area (Å²) in [5.74, 6) is 0.0110. The smallest absolute Gasteiger partial charge is 0.336 e. The lowest BCUT2D eigenvalue weighted by atomic mass is 9.77. The quantitative estimate of drug-likeness (QED) is 0.210. The number of unbranched alkanes of at least 4 members (excludes halogenated alkanes) is 2. The standard InChI is InChI=1S/C29H42O5/c1-6-7-8-9-23-10-12-24(13-11-23)25-14-16-26(17-15-25)27(18-33-28(31)20(2)3)19-34-29(32)21(4)22(5)30/h14-17,22-24,27,30H,2,4,6-13,18-19H2,1,3,5H3. The van der Waals surface area contributed by atoms with E-state index in [0.29, 0.717) is 11.5 Å². The molecule has 1 aromatic carbocycles. The molecule has 188 valence electrons. The molecule has 0 heterocycles. The fraction of sp³-hybridized carbons (Fsp3) is 0.586. The van der Waals surface area contributed by atoms with Crippen LogP contribution < -0.4 is 0 Å². The lowest BCUT2D eigenvalue weighted by Crippen LogP contribution is -2.22. The third kappa shape index (κ3) is 8.75. The van der Waals surface area contributed by atoms with E-state index in [-0.39, 0.29) is 24.7 Å². The van der Waals surface area contributed by atoms with Crippen molar-refractivity contribution in [3.63, 3.8) is 0 Å². The second-order valence-corrected chi connectivity index (χ2v) is 9.76. The molecule has 1 aliphatic rings. The number of hydrogen-bond acceptors (Lipinski definition) is 5. The minimum atomic E-state index is -0.979. The molecule has 1 aliphatic carbocycles. The zero-order valence-corrected chi connectivity index (χ0v) is 21.2. The second-order valence-electron chi connectivity index (χ2n) is 9.76. The third-order valence-electron chi connectivity index (χ3n) is 6.89. The predicted octanol–water partition coefficient (Wildman–Crippen LogP) is 6.22. The number of rotatable bonds is 13. The first-order valence-corrected chi connectivity index (χ1v) is 12.7. The van der Waals surface area contributed by atoms with Gasteiger partial charge in [-0.05, 0) is 62.5 Å².